The van der Waals surface area contributed by atoms with E-state index in [-0.39, 0.29) is 53.0 Å². The normalized spacial score (nSPS) is 56.1. The fraction of sp³-hybridized carbons (Fsp3) is 0.974. The second kappa shape index (κ2) is 10.1. The van der Waals surface area contributed by atoms with Gasteiger partial charge in [-0.15, -0.1) is 0 Å². The van der Waals surface area contributed by atoms with Gasteiger partial charge >= 0.3 is 6.09 Å². The Morgan fingerprint density at radius 3 is 2.43 bits per heavy atom. The maximum absolute atomic E-state index is 12.6. The SMILES string of the molecule is C[C@@H]1CC(C2NC(=O)OC2(C)C)OC2[C@H]1C1(C)CCC34CC35CCC(O[C@H]3CN(C6COC6)CCO3)C(C)(C)[C@@H]5CCC4[C@]1(C)[C@H]2O. The van der Waals surface area contributed by atoms with Crippen LogP contribution in [0.2, 0.25) is 0 Å². The van der Waals surface area contributed by atoms with Gasteiger partial charge in [0.1, 0.15) is 5.60 Å². The van der Waals surface area contributed by atoms with Crippen LogP contribution in [0.1, 0.15) is 99.8 Å². The lowest BCUT2D eigenvalue weighted by Gasteiger charge is -2.64. The fourth-order valence-corrected chi connectivity index (χ4v) is 14.6. The average molecular weight is 657 g/mol. The number of cyclic esters (lactones) is 1. The number of hydrogen-bond acceptors (Lipinski definition) is 8. The summed E-state index contributed by atoms with van der Waals surface area (Å²) in [5.41, 5.74) is -0.0842. The van der Waals surface area contributed by atoms with Gasteiger partial charge in [0.15, 0.2) is 6.29 Å². The van der Waals surface area contributed by atoms with Crippen LogP contribution in [-0.4, -0.2) is 97.4 Å². The van der Waals surface area contributed by atoms with Crippen LogP contribution < -0.4 is 5.32 Å². The van der Waals surface area contributed by atoms with Gasteiger partial charge in [-0.1, -0.05) is 34.6 Å². The molecule has 264 valence electrons. The van der Waals surface area contributed by atoms with Gasteiger partial charge in [-0.05, 0) is 111 Å². The lowest BCUT2D eigenvalue weighted by atomic mass is 9.41. The van der Waals surface area contributed by atoms with Gasteiger partial charge < -0.3 is 34.1 Å². The van der Waals surface area contributed by atoms with Crippen LogP contribution in [0.5, 0.6) is 0 Å². The van der Waals surface area contributed by atoms with Gasteiger partial charge in [0.05, 0.1) is 62.9 Å². The molecule has 4 saturated heterocycles. The van der Waals surface area contributed by atoms with Crippen molar-refractivity contribution in [2.45, 2.75) is 148 Å². The number of fused-ring (bicyclic) bond motifs is 4. The Kier molecular flexibility index (Phi) is 6.86. The standard InChI is InChI=1S/C38H60N2O7/c1-21-16-23(30-34(4,5)47-32(42)39-30)45-29-28(21)35(6)12-13-38-20-37(38)11-10-26(46-27-17-40(14-15-44-27)22-18-43-19-22)33(2,3)24(37)8-9-25(38)36(35,7)31(29)41/h21-31,41H,8-20H2,1-7H3,(H,39,42)/t21-,23?,24+,25?,26?,27+,28+,29?,30?,31+,35?,36-,37?,38?/m1/s1. The van der Waals surface area contributed by atoms with Crippen molar-refractivity contribution in [1.82, 2.24) is 10.2 Å². The number of aliphatic hydroxyl groups is 1. The molecule has 9 aliphatic rings. The number of nitrogens with one attached hydrogen (secondary N) is 1. The summed E-state index contributed by atoms with van der Waals surface area (Å²) in [4.78, 5) is 14.8. The second-order valence-electron chi connectivity index (χ2n) is 19.3. The number of rotatable bonds is 4. The number of hydrogen-bond donors (Lipinski definition) is 2. The highest BCUT2D eigenvalue weighted by Gasteiger charge is 2.84. The van der Waals surface area contributed by atoms with E-state index in [2.05, 4.69) is 44.8 Å². The van der Waals surface area contributed by atoms with Crippen molar-refractivity contribution in [3.8, 4) is 0 Å². The number of nitrogens with zero attached hydrogens (tertiary/aromatic N) is 1. The van der Waals surface area contributed by atoms with E-state index in [0.29, 0.717) is 40.5 Å². The first-order valence-corrected chi connectivity index (χ1v) is 19.1. The Morgan fingerprint density at radius 1 is 0.979 bits per heavy atom. The molecule has 4 aliphatic heterocycles. The minimum atomic E-state index is -0.634. The zero-order valence-corrected chi connectivity index (χ0v) is 29.9. The van der Waals surface area contributed by atoms with Crippen molar-refractivity contribution < 1.29 is 33.6 Å². The van der Waals surface area contributed by atoms with Crippen LogP contribution in [0.4, 0.5) is 4.79 Å². The minimum Gasteiger partial charge on any atom is -0.441 e. The predicted octanol–water partition coefficient (Wildman–Crippen LogP) is 5.13. The van der Waals surface area contributed by atoms with E-state index >= 15 is 0 Å². The summed E-state index contributed by atoms with van der Waals surface area (Å²) in [6, 6.07) is 0.308. The molecule has 0 aromatic heterocycles. The number of alkyl carbamates (subject to hydrolysis) is 1. The predicted molar refractivity (Wildman–Crippen MR) is 174 cm³/mol. The molecule has 9 nitrogen and oxygen atoms in total. The molecule has 0 aromatic rings. The largest absolute Gasteiger partial charge is 0.441 e. The average Bonchev–Trinajstić information content (AvgIpc) is 3.50. The van der Waals surface area contributed by atoms with E-state index in [1.807, 2.05) is 13.8 Å². The molecule has 0 aromatic carbocycles. The van der Waals surface area contributed by atoms with Gasteiger partial charge in [-0.25, -0.2) is 4.79 Å². The van der Waals surface area contributed by atoms with Gasteiger partial charge in [0.2, 0.25) is 0 Å². The number of morpholine rings is 1. The molecule has 0 bridgehead atoms. The summed E-state index contributed by atoms with van der Waals surface area (Å²) >= 11 is 0. The van der Waals surface area contributed by atoms with Gasteiger partial charge in [0, 0.05) is 12.0 Å². The Bertz CT molecular complexity index is 1300. The van der Waals surface area contributed by atoms with E-state index in [0.717, 1.165) is 52.2 Å². The number of carbonyl (C=O) groups excluding carboxylic acids is 1. The van der Waals surface area contributed by atoms with Crippen LogP contribution in [0.25, 0.3) is 0 Å². The molecule has 1 amide bonds. The molecule has 5 saturated carbocycles. The Labute approximate surface area is 281 Å². The summed E-state index contributed by atoms with van der Waals surface area (Å²) in [5, 5.41) is 15.6. The Balaban J connectivity index is 0.956. The molecular formula is C38H60N2O7. The van der Waals surface area contributed by atoms with Crippen LogP contribution in [0.3, 0.4) is 0 Å². The first-order chi connectivity index (χ1) is 22.2. The van der Waals surface area contributed by atoms with E-state index in [1.54, 1.807) is 0 Å². The number of carbonyl (C=O) groups is 1. The maximum atomic E-state index is 12.6. The van der Waals surface area contributed by atoms with E-state index in [1.165, 1.54) is 32.1 Å². The molecular weight excluding hydrogens is 596 g/mol. The monoisotopic (exact) mass is 656 g/mol. The first kappa shape index (κ1) is 32.0. The molecule has 8 unspecified atom stereocenters. The third-order valence-electron chi connectivity index (χ3n) is 17.0. The van der Waals surface area contributed by atoms with Crippen molar-refractivity contribution in [3.05, 3.63) is 0 Å². The quantitative estimate of drug-likeness (QED) is 0.430. The molecule has 9 heteroatoms. The molecule has 2 N–H and O–H groups in total. The summed E-state index contributed by atoms with van der Waals surface area (Å²) in [6.45, 7) is 20.5. The Morgan fingerprint density at radius 2 is 1.72 bits per heavy atom. The van der Waals surface area contributed by atoms with Crippen LogP contribution in [-0.2, 0) is 23.7 Å². The molecule has 9 fully saturated rings. The smallest absolute Gasteiger partial charge is 0.408 e. The molecule has 0 radical (unpaired) electrons. The fourth-order valence-electron chi connectivity index (χ4n) is 14.6. The molecule has 9 rings (SSSR count). The zero-order valence-electron chi connectivity index (χ0n) is 29.9. The lowest BCUT2D eigenvalue weighted by molar-refractivity contribution is -0.256. The lowest BCUT2D eigenvalue weighted by Crippen LogP contribution is -2.60. The summed E-state index contributed by atoms with van der Waals surface area (Å²) < 4.78 is 31.2. The van der Waals surface area contributed by atoms with Gasteiger partial charge in [-0.3, -0.25) is 4.90 Å². The van der Waals surface area contributed by atoms with Crippen LogP contribution in [0, 0.1) is 50.7 Å². The van der Waals surface area contributed by atoms with Crippen molar-refractivity contribution in [1.29, 1.82) is 0 Å². The molecule has 4 heterocycles. The van der Waals surface area contributed by atoms with Gasteiger partial charge in [0.25, 0.3) is 0 Å². The molecule has 14 atom stereocenters. The van der Waals surface area contributed by atoms with Crippen molar-refractivity contribution in [2.75, 3.05) is 32.9 Å². The third-order valence-corrected chi connectivity index (χ3v) is 17.0. The Hall–Kier alpha value is -0.970. The van der Waals surface area contributed by atoms with Gasteiger partial charge in [-0.2, -0.15) is 0 Å². The molecule has 2 spiro atoms. The highest BCUT2D eigenvalue weighted by Crippen LogP contribution is 2.89. The summed E-state index contributed by atoms with van der Waals surface area (Å²) in [5.74, 6) is 1.84. The van der Waals surface area contributed by atoms with Crippen molar-refractivity contribution >= 4 is 6.09 Å². The first-order valence-electron chi connectivity index (χ1n) is 19.1. The molecule has 47 heavy (non-hydrogen) atoms. The van der Waals surface area contributed by atoms with Crippen molar-refractivity contribution in [3.63, 3.8) is 0 Å². The zero-order chi connectivity index (χ0) is 32.9. The highest BCUT2D eigenvalue weighted by molar-refractivity contribution is 5.71. The van der Waals surface area contributed by atoms with E-state index in [9.17, 15) is 9.90 Å². The van der Waals surface area contributed by atoms with Crippen LogP contribution >= 0.6 is 0 Å². The topological polar surface area (TPSA) is 98.7 Å². The maximum Gasteiger partial charge on any atom is 0.408 e. The molecule has 5 aliphatic carbocycles. The highest BCUT2D eigenvalue weighted by atomic mass is 16.7. The van der Waals surface area contributed by atoms with Crippen LogP contribution in [0.15, 0.2) is 0 Å². The van der Waals surface area contributed by atoms with E-state index in [4.69, 9.17) is 23.7 Å². The summed E-state index contributed by atoms with van der Waals surface area (Å²) in [7, 11) is 0. The minimum absolute atomic E-state index is 0.0183. The second-order valence-corrected chi connectivity index (χ2v) is 19.3. The van der Waals surface area contributed by atoms with E-state index < -0.39 is 11.7 Å². The number of aliphatic hydroxyl groups excluding tert-OH is 1. The van der Waals surface area contributed by atoms with Crippen molar-refractivity contribution in [2.24, 2.45) is 50.7 Å². The third kappa shape index (κ3) is 4.02. The number of amides is 1. The summed E-state index contributed by atoms with van der Waals surface area (Å²) in [6.07, 6.45) is 8.15. The number of ether oxygens (including phenoxy) is 5.